The number of alkyl carbamates (subject to hydrolysis) is 1. The summed E-state index contributed by atoms with van der Waals surface area (Å²) in [6, 6.07) is 5.93. The van der Waals surface area contributed by atoms with E-state index in [1.807, 2.05) is 0 Å². The summed E-state index contributed by atoms with van der Waals surface area (Å²) in [7, 11) is 0. The van der Waals surface area contributed by atoms with Gasteiger partial charge in [-0.25, -0.2) is 9.59 Å². The summed E-state index contributed by atoms with van der Waals surface area (Å²) in [5, 5.41) is 14.1. The fraction of sp³-hybridized carbons (Fsp3) is 0.438. The lowest BCUT2D eigenvalue weighted by atomic mass is 10.2. The lowest BCUT2D eigenvalue weighted by Gasteiger charge is -2.19. The molecule has 1 rings (SSSR count). The van der Waals surface area contributed by atoms with Crippen molar-refractivity contribution in [2.45, 2.75) is 26.4 Å². The van der Waals surface area contributed by atoms with Gasteiger partial charge in [0.1, 0.15) is 5.60 Å². The van der Waals surface area contributed by atoms with E-state index in [0.717, 1.165) is 0 Å². The summed E-state index contributed by atoms with van der Waals surface area (Å²) in [5.41, 5.74) is 0.167. The maximum Gasteiger partial charge on any atom is 0.407 e. The van der Waals surface area contributed by atoms with Crippen LogP contribution in [0.1, 0.15) is 31.1 Å². The van der Waals surface area contributed by atoms with Gasteiger partial charge in [-0.05, 0) is 45.0 Å². The first-order valence-electron chi connectivity index (χ1n) is 7.35. The van der Waals surface area contributed by atoms with Crippen LogP contribution in [0.15, 0.2) is 24.3 Å². The number of rotatable bonds is 7. The molecule has 0 spiro atoms. The molecule has 24 heavy (non-hydrogen) atoms. The van der Waals surface area contributed by atoms with Crippen molar-refractivity contribution in [2.75, 3.05) is 23.4 Å². The quantitative estimate of drug-likeness (QED) is 0.650. The van der Waals surface area contributed by atoms with Crippen LogP contribution >= 0.6 is 11.8 Å². The van der Waals surface area contributed by atoms with E-state index in [1.54, 1.807) is 20.8 Å². The van der Waals surface area contributed by atoms with E-state index in [9.17, 15) is 14.4 Å². The Hall–Kier alpha value is -2.22. The number of nitrogens with one attached hydrogen (secondary N) is 2. The van der Waals surface area contributed by atoms with E-state index in [-0.39, 0.29) is 17.2 Å². The standard InChI is InChI=1S/C16H22N2O5S/c1-16(2,3)23-15(22)17-8-9-24-10-13(19)18-12-6-4-11(5-7-12)14(20)21/h4-7H,8-10H2,1-3H3,(H,17,22)(H,18,19)(H,20,21). The molecule has 8 heteroatoms. The highest BCUT2D eigenvalue weighted by Gasteiger charge is 2.15. The molecule has 1 aromatic rings. The van der Waals surface area contributed by atoms with Crippen LogP contribution in [0, 0.1) is 0 Å². The number of thioether (sulfide) groups is 1. The van der Waals surface area contributed by atoms with Crippen molar-refractivity contribution in [2.24, 2.45) is 0 Å². The number of anilines is 1. The third-order valence-corrected chi connectivity index (χ3v) is 3.52. The first-order chi connectivity index (χ1) is 11.2. The Bertz CT molecular complexity index is 581. The van der Waals surface area contributed by atoms with Crippen molar-refractivity contribution >= 4 is 35.4 Å². The molecule has 0 fully saturated rings. The topological polar surface area (TPSA) is 105 Å². The Labute approximate surface area is 145 Å². The average Bonchev–Trinajstić information content (AvgIpc) is 2.45. The van der Waals surface area contributed by atoms with Gasteiger partial charge in [-0.15, -0.1) is 0 Å². The molecule has 2 amide bonds. The number of carbonyl (C=O) groups is 3. The fourth-order valence-corrected chi connectivity index (χ4v) is 2.25. The molecule has 0 atom stereocenters. The van der Waals surface area contributed by atoms with Crippen LogP contribution in [0.5, 0.6) is 0 Å². The molecule has 3 N–H and O–H groups in total. The highest BCUT2D eigenvalue weighted by Crippen LogP contribution is 2.10. The number of carboxylic acid groups (broad SMARTS) is 1. The highest BCUT2D eigenvalue weighted by molar-refractivity contribution is 7.99. The molecular formula is C16H22N2O5S. The molecular weight excluding hydrogens is 332 g/mol. The highest BCUT2D eigenvalue weighted by atomic mass is 32.2. The first kappa shape index (κ1) is 19.8. The van der Waals surface area contributed by atoms with E-state index >= 15 is 0 Å². The van der Waals surface area contributed by atoms with E-state index in [2.05, 4.69) is 10.6 Å². The van der Waals surface area contributed by atoms with Gasteiger partial charge in [-0.1, -0.05) is 0 Å². The Kier molecular flexibility index (Phi) is 7.57. The van der Waals surface area contributed by atoms with E-state index < -0.39 is 17.7 Å². The van der Waals surface area contributed by atoms with Gasteiger partial charge in [-0.3, -0.25) is 4.79 Å². The van der Waals surface area contributed by atoms with Crippen LogP contribution in [0.25, 0.3) is 0 Å². The summed E-state index contributed by atoms with van der Waals surface area (Å²) in [5.74, 6) is -0.400. The van der Waals surface area contributed by atoms with Crippen LogP contribution < -0.4 is 10.6 Å². The molecule has 0 aliphatic heterocycles. The number of hydrogen-bond donors (Lipinski definition) is 3. The number of aromatic carboxylic acids is 1. The lowest BCUT2D eigenvalue weighted by Crippen LogP contribution is -2.33. The monoisotopic (exact) mass is 354 g/mol. The zero-order valence-corrected chi connectivity index (χ0v) is 14.7. The molecule has 0 heterocycles. The third-order valence-electron chi connectivity index (χ3n) is 2.56. The first-order valence-corrected chi connectivity index (χ1v) is 8.50. The molecule has 1 aromatic carbocycles. The SMILES string of the molecule is CC(C)(C)OC(=O)NCCSCC(=O)Nc1ccc(C(=O)O)cc1. The summed E-state index contributed by atoms with van der Waals surface area (Å²) in [6.07, 6.45) is -0.480. The normalized spacial score (nSPS) is 10.8. The van der Waals surface area contributed by atoms with Crippen molar-refractivity contribution in [3.8, 4) is 0 Å². The third kappa shape index (κ3) is 8.42. The zero-order chi connectivity index (χ0) is 18.2. The van der Waals surface area contributed by atoms with Crippen LogP contribution in [-0.4, -0.2) is 46.7 Å². The Morgan fingerprint density at radius 2 is 1.79 bits per heavy atom. The average molecular weight is 354 g/mol. The fourth-order valence-electron chi connectivity index (χ4n) is 1.60. The molecule has 0 unspecified atom stereocenters. The molecule has 0 saturated heterocycles. The van der Waals surface area contributed by atoms with Crippen molar-refractivity contribution in [1.82, 2.24) is 5.32 Å². The summed E-state index contributed by atoms with van der Waals surface area (Å²) in [6.45, 7) is 5.76. The van der Waals surface area contributed by atoms with E-state index in [1.165, 1.54) is 36.0 Å². The predicted molar refractivity (Wildman–Crippen MR) is 93.6 cm³/mol. The summed E-state index contributed by atoms with van der Waals surface area (Å²) < 4.78 is 5.09. The lowest BCUT2D eigenvalue weighted by molar-refractivity contribution is -0.113. The van der Waals surface area contributed by atoms with Crippen LogP contribution in [0.4, 0.5) is 10.5 Å². The Morgan fingerprint density at radius 3 is 2.33 bits per heavy atom. The van der Waals surface area contributed by atoms with Crippen molar-refractivity contribution in [3.63, 3.8) is 0 Å². The number of amides is 2. The van der Waals surface area contributed by atoms with Crippen LogP contribution in [0.2, 0.25) is 0 Å². The second-order valence-corrected chi connectivity index (χ2v) is 7.02. The predicted octanol–water partition coefficient (Wildman–Crippen LogP) is 2.58. The molecule has 132 valence electrons. The summed E-state index contributed by atoms with van der Waals surface area (Å²) in [4.78, 5) is 33.9. The van der Waals surface area contributed by atoms with Gasteiger partial charge < -0.3 is 20.5 Å². The number of carboxylic acids is 1. The van der Waals surface area contributed by atoms with Crippen molar-refractivity contribution in [1.29, 1.82) is 0 Å². The van der Waals surface area contributed by atoms with E-state index in [4.69, 9.17) is 9.84 Å². The summed E-state index contributed by atoms with van der Waals surface area (Å²) >= 11 is 1.37. The van der Waals surface area contributed by atoms with Gasteiger partial charge in [0.05, 0.1) is 11.3 Å². The maximum atomic E-state index is 11.8. The second kappa shape index (κ2) is 9.17. The molecule has 0 saturated carbocycles. The van der Waals surface area contributed by atoms with E-state index in [0.29, 0.717) is 18.0 Å². The van der Waals surface area contributed by atoms with Gasteiger partial charge in [-0.2, -0.15) is 11.8 Å². The van der Waals surface area contributed by atoms with Gasteiger partial charge in [0.15, 0.2) is 0 Å². The van der Waals surface area contributed by atoms with Crippen molar-refractivity contribution < 1.29 is 24.2 Å². The van der Waals surface area contributed by atoms with Crippen molar-refractivity contribution in [3.05, 3.63) is 29.8 Å². The minimum Gasteiger partial charge on any atom is -0.478 e. The number of carbonyl (C=O) groups excluding carboxylic acids is 2. The van der Waals surface area contributed by atoms with Gasteiger partial charge in [0, 0.05) is 18.0 Å². The number of ether oxygens (including phenoxy) is 1. The number of benzene rings is 1. The zero-order valence-electron chi connectivity index (χ0n) is 13.9. The maximum absolute atomic E-state index is 11.8. The van der Waals surface area contributed by atoms with Crippen LogP contribution in [0.3, 0.4) is 0 Å². The molecule has 0 aromatic heterocycles. The Balaban J connectivity index is 2.20. The van der Waals surface area contributed by atoms with Gasteiger partial charge in [0.25, 0.3) is 0 Å². The second-order valence-electron chi connectivity index (χ2n) is 5.91. The molecule has 7 nitrogen and oxygen atoms in total. The molecule has 0 bridgehead atoms. The molecule has 0 aliphatic rings. The van der Waals surface area contributed by atoms with Gasteiger partial charge in [0.2, 0.25) is 5.91 Å². The minimum atomic E-state index is -1.01. The number of hydrogen-bond acceptors (Lipinski definition) is 5. The van der Waals surface area contributed by atoms with Crippen LogP contribution in [-0.2, 0) is 9.53 Å². The smallest absolute Gasteiger partial charge is 0.407 e. The largest absolute Gasteiger partial charge is 0.478 e. The molecule has 0 aliphatic carbocycles. The Morgan fingerprint density at radius 1 is 1.17 bits per heavy atom. The minimum absolute atomic E-state index is 0.163. The molecule has 0 radical (unpaired) electrons. The van der Waals surface area contributed by atoms with Gasteiger partial charge >= 0.3 is 12.1 Å².